The molecule has 1 aliphatic heterocycles. The number of nitro benzene ring substituents is 1. The molecule has 4 rings (SSSR count). The lowest BCUT2D eigenvalue weighted by atomic mass is 10.1. The van der Waals surface area contributed by atoms with Crippen LogP contribution in [0.4, 0.5) is 11.4 Å². The lowest BCUT2D eigenvalue weighted by Gasteiger charge is -2.27. The van der Waals surface area contributed by atoms with Crippen LogP contribution >= 0.6 is 33.9 Å². The van der Waals surface area contributed by atoms with Gasteiger partial charge in [-0.05, 0) is 64.4 Å². The Kier molecular flexibility index (Phi) is 6.33. The highest BCUT2D eigenvalue weighted by Crippen LogP contribution is 2.29. The summed E-state index contributed by atoms with van der Waals surface area (Å²) in [4.78, 5) is 53.3. The van der Waals surface area contributed by atoms with Crippen molar-refractivity contribution in [3.63, 3.8) is 0 Å². The smallest absolute Gasteiger partial charge is 0.270 e. The Hall–Kier alpha value is -3.12. The van der Waals surface area contributed by atoms with Crippen molar-refractivity contribution in [3.05, 3.63) is 90.2 Å². The molecule has 0 N–H and O–H groups in total. The number of halogens is 1. The Labute approximate surface area is 200 Å². The Morgan fingerprint density at radius 1 is 1.16 bits per heavy atom. The van der Waals surface area contributed by atoms with Gasteiger partial charge in [-0.25, -0.2) is 4.90 Å². The third-order valence-corrected chi connectivity index (χ3v) is 6.64. The number of thiophene rings is 1. The molecule has 0 spiro atoms. The maximum absolute atomic E-state index is 13.4. The number of rotatable bonds is 6. The van der Waals surface area contributed by atoms with Gasteiger partial charge in [-0.15, -0.1) is 11.3 Å². The van der Waals surface area contributed by atoms with Crippen molar-refractivity contribution in [1.29, 1.82) is 0 Å². The first-order valence-electron chi connectivity index (χ1n) is 9.55. The summed E-state index contributed by atoms with van der Waals surface area (Å²) in [6, 6.07) is 15.0. The Balaban J connectivity index is 1.69. The fourth-order valence-electron chi connectivity index (χ4n) is 3.53. The molecule has 1 aliphatic rings. The van der Waals surface area contributed by atoms with Crippen LogP contribution in [0.1, 0.15) is 21.7 Å². The molecule has 1 fully saturated rings. The molecule has 32 heavy (non-hydrogen) atoms. The first kappa shape index (κ1) is 22.1. The van der Waals surface area contributed by atoms with Crippen LogP contribution in [0.15, 0.2) is 66.0 Å². The molecule has 10 heteroatoms. The second-order valence-electron chi connectivity index (χ2n) is 7.08. The number of benzene rings is 2. The number of amides is 3. The fourth-order valence-corrected chi connectivity index (χ4v) is 4.60. The lowest BCUT2D eigenvalue weighted by molar-refractivity contribution is -0.384. The number of non-ortho nitro benzene ring substituents is 1. The zero-order chi connectivity index (χ0) is 22.8. The molecule has 1 aromatic heterocycles. The highest BCUT2D eigenvalue weighted by atomic mass is 127. The van der Waals surface area contributed by atoms with Crippen LogP contribution in [-0.4, -0.2) is 33.6 Å². The monoisotopic (exact) mass is 561 g/mol. The van der Waals surface area contributed by atoms with Crippen molar-refractivity contribution in [2.45, 2.75) is 19.0 Å². The van der Waals surface area contributed by atoms with E-state index in [1.807, 2.05) is 17.5 Å². The number of hydrogen-bond acceptors (Lipinski definition) is 6. The van der Waals surface area contributed by atoms with Crippen molar-refractivity contribution >= 4 is 63.0 Å². The van der Waals surface area contributed by atoms with E-state index in [4.69, 9.17) is 0 Å². The van der Waals surface area contributed by atoms with Gasteiger partial charge in [0.05, 0.1) is 23.6 Å². The molecule has 3 amide bonds. The molecule has 2 heterocycles. The third-order valence-electron chi connectivity index (χ3n) is 5.05. The van der Waals surface area contributed by atoms with E-state index < -0.39 is 28.7 Å². The van der Waals surface area contributed by atoms with Gasteiger partial charge in [-0.2, -0.15) is 0 Å². The summed E-state index contributed by atoms with van der Waals surface area (Å²) in [6.07, 6.45) is -0.156. The van der Waals surface area contributed by atoms with Crippen LogP contribution in [0.5, 0.6) is 0 Å². The van der Waals surface area contributed by atoms with Crippen molar-refractivity contribution in [2.24, 2.45) is 0 Å². The van der Waals surface area contributed by atoms with Crippen molar-refractivity contribution in [2.75, 3.05) is 4.90 Å². The maximum Gasteiger partial charge on any atom is 0.270 e. The molecule has 162 valence electrons. The van der Waals surface area contributed by atoms with Crippen LogP contribution in [0.2, 0.25) is 0 Å². The molecule has 2 aromatic carbocycles. The van der Waals surface area contributed by atoms with Gasteiger partial charge >= 0.3 is 0 Å². The number of nitrogens with zero attached hydrogens (tertiary/aromatic N) is 3. The predicted molar refractivity (Wildman–Crippen MR) is 127 cm³/mol. The zero-order valence-corrected chi connectivity index (χ0v) is 19.5. The summed E-state index contributed by atoms with van der Waals surface area (Å²) < 4.78 is 0.960. The van der Waals surface area contributed by atoms with Gasteiger partial charge in [0.1, 0.15) is 6.04 Å². The van der Waals surface area contributed by atoms with Crippen molar-refractivity contribution < 1.29 is 19.3 Å². The summed E-state index contributed by atoms with van der Waals surface area (Å²) in [5.41, 5.74) is 0.312. The topological polar surface area (TPSA) is 101 Å². The SMILES string of the molecule is O=C1CC(N(Cc2cccs2)C(=O)c2cccc([N+](=O)[O-])c2)C(=O)N1c1ccc(I)cc1. The average Bonchev–Trinajstić information content (AvgIpc) is 3.40. The van der Waals surface area contributed by atoms with Gasteiger partial charge < -0.3 is 4.90 Å². The molecule has 0 bridgehead atoms. The number of carbonyl (C=O) groups excluding carboxylic acids is 3. The number of imide groups is 1. The van der Waals surface area contributed by atoms with Crippen molar-refractivity contribution in [3.8, 4) is 0 Å². The maximum atomic E-state index is 13.4. The van der Waals surface area contributed by atoms with Crippen LogP contribution < -0.4 is 4.90 Å². The van der Waals surface area contributed by atoms with Gasteiger partial charge in [0.15, 0.2) is 0 Å². The number of anilines is 1. The standard InChI is InChI=1S/C22H16IN3O5S/c23-15-6-8-16(9-7-15)25-20(27)12-19(22(25)29)24(13-18-5-2-10-32-18)21(28)14-3-1-4-17(11-14)26(30)31/h1-11,19H,12-13H2. The summed E-state index contributed by atoms with van der Waals surface area (Å²) in [5.74, 6) is -1.44. The van der Waals surface area contributed by atoms with Gasteiger partial charge in [0, 0.05) is 26.1 Å². The summed E-state index contributed by atoms with van der Waals surface area (Å²) in [5, 5.41) is 13.0. The molecule has 1 unspecified atom stereocenters. The van der Waals surface area contributed by atoms with E-state index in [2.05, 4.69) is 22.6 Å². The average molecular weight is 561 g/mol. The minimum Gasteiger partial charge on any atom is -0.321 e. The van der Waals surface area contributed by atoms with Crippen LogP contribution in [0, 0.1) is 13.7 Å². The molecule has 8 nitrogen and oxygen atoms in total. The zero-order valence-electron chi connectivity index (χ0n) is 16.5. The van der Waals surface area contributed by atoms with Gasteiger partial charge in [-0.1, -0.05) is 12.1 Å². The minimum atomic E-state index is -1.00. The van der Waals surface area contributed by atoms with E-state index in [9.17, 15) is 24.5 Å². The lowest BCUT2D eigenvalue weighted by Crippen LogP contribution is -2.45. The molecule has 3 aromatic rings. The normalized spacial score (nSPS) is 15.8. The van der Waals surface area contributed by atoms with Crippen LogP contribution in [-0.2, 0) is 16.1 Å². The number of carbonyl (C=O) groups is 3. The largest absolute Gasteiger partial charge is 0.321 e. The Morgan fingerprint density at radius 2 is 1.91 bits per heavy atom. The Morgan fingerprint density at radius 3 is 2.56 bits per heavy atom. The second kappa shape index (κ2) is 9.17. The first-order valence-corrected chi connectivity index (χ1v) is 11.5. The van der Waals surface area contributed by atoms with Crippen LogP contribution in [0.3, 0.4) is 0 Å². The summed E-state index contributed by atoms with van der Waals surface area (Å²) in [7, 11) is 0. The van der Waals surface area contributed by atoms with E-state index in [1.54, 1.807) is 24.3 Å². The predicted octanol–water partition coefficient (Wildman–Crippen LogP) is 4.24. The van der Waals surface area contributed by atoms with Crippen molar-refractivity contribution in [1.82, 2.24) is 4.90 Å². The van der Waals surface area contributed by atoms with Gasteiger partial charge in [0.25, 0.3) is 17.5 Å². The van der Waals surface area contributed by atoms with E-state index in [0.29, 0.717) is 5.69 Å². The molecule has 0 radical (unpaired) electrons. The molecule has 0 saturated carbocycles. The second-order valence-corrected chi connectivity index (χ2v) is 9.36. The van der Waals surface area contributed by atoms with E-state index >= 15 is 0 Å². The minimum absolute atomic E-state index is 0.0868. The molecule has 1 saturated heterocycles. The highest BCUT2D eigenvalue weighted by molar-refractivity contribution is 14.1. The van der Waals surface area contributed by atoms with Gasteiger partial charge in [-0.3, -0.25) is 24.5 Å². The van der Waals surface area contributed by atoms with Crippen LogP contribution in [0.25, 0.3) is 0 Å². The number of hydrogen-bond donors (Lipinski definition) is 0. The van der Waals surface area contributed by atoms with Gasteiger partial charge in [0.2, 0.25) is 5.91 Å². The third kappa shape index (κ3) is 4.41. The first-order chi connectivity index (χ1) is 15.3. The quantitative estimate of drug-likeness (QED) is 0.194. The summed E-state index contributed by atoms with van der Waals surface area (Å²) in [6.45, 7) is 0.114. The van der Waals surface area contributed by atoms with E-state index in [0.717, 1.165) is 13.3 Å². The summed E-state index contributed by atoms with van der Waals surface area (Å²) >= 11 is 3.55. The molecular weight excluding hydrogens is 545 g/mol. The molecule has 1 atom stereocenters. The van der Waals surface area contributed by atoms with E-state index in [-0.39, 0.29) is 24.2 Å². The fraction of sp³-hybridized carbons (Fsp3) is 0.136. The highest BCUT2D eigenvalue weighted by Gasteiger charge is 2.44. The van der Waals surface area contributed by atoms with E-state index in [1.165, 1.54) is 40.5 Å². The Bertz CT molecular complexity index is 1200. The molecular formula is C22H16IN3O5S. The number of nitro groups is 1. The molecule has 0 aliphatic carbocycles.